The highest BCUT2D eigenvalue weighted by Gasteiger charge is 2.14. The maximum Gasteiger partial charge on any atom is 0.356 e. The number of carbonyl (C=O) groups is 1. The zero-order valence-electron chi connectivity index (χ0n) is 8.95. The Morgan fingerprint density at radius 2 is 2.27 bits per heavy atom. The molecule has 82 valence electrons. The van der Waals surface area contributed by atoms with Gasteiger partial charge in [-0.3, -0.25) is 0 Å². The molecule has 0 saturated carbocycles. The van der Waals surface area contributed by atoms with E-state index in [0.717, 1.165) is 10.0 Å². The number of esters is 1. The number of aromatic nitrogens is 1. The van der Waals surface area contributed by atoms with Crippen LogP contribution >= 0.6 is 15.9 Å². The molecular weight excluding hydrogens is 260 g/mol. The minimum absolute atomic E-state index is 0.370. The highest BCUT2D eigenvalue weighted by molar-refractivity contribution is 9.10. The first-order valence-corrected chi connectivity index (χ1v) is 5.21. The molecule has 4 nitrogen and oxygen atoms in total. The maximum absolute atomic E-state index is 11.4. The van der Waals surface area contributed by atoms with Gasteiger partial charge >= 0.3 is 5.97 Å². The normalized spacial score (nSPS) is 10.5. The second-order valence-electron chi connectivity index (χ2n) is 3.39. The molecule has 0 saturated heterocycles. The molecule has 0 unspecified atom stereocenters. The third-order valence-corrected chi connectivity index (χ3v) is 2.23. The lowest BCUT2D eigenvalue weighted by molar-refractivity contribution is 0.0592. The van der Waals surface area contributed by atoms with Gasteiger partial charge in [-0.15, -0.1) is 0 Å². The van der Waals surface area contributed by atoms with Crippen molar-refractivity contribution in [1.29, 1.82) is 0 Å². The molecule has 0 aliphatic heterocycles. The fraction of sp³-hybridized carbons (Fsp3) is 0.400. The van der Waals surface area contributed by atoms with Crippen LogP contribution in [0.5, 0.6) is 0 Å². The van der Waals surface area contributed by atoms with Crippen molar-refractivity contribution in [3.8, 4) is 0 Å². The van der Waals surface area contributed by atoms with E-state index in [1.807, 2.05) is 25.1 Å². The van der Waals surface area contributed by atoms with E-state index in [9.17, 15) is 4.79 Å². The average molecular weight is 273 g/mol. The summed E-state index contributed by atoms with van der Waals surface area (Å²) in [6.07, 6.45) is 1.59. The zero-order chi connectivity index (χ0) is 11.4. The highest BCUT2D eigenvalue weighted by atomic mass is 79.9. The second kappa shape index (κ2) is 5.23. The van der Waals surface area contributed by atoms with E-state index >= 15 is 0 Å². The second-order valence-corrected chi connectivity index (χ2v) is 4.31. The van der Waals surface area contributed by atoms with Gasteiger partial charge < -0.3 is 9.64 Å². The molecule has 0 aliphatic carbocycles. The van der Waals surface area contributed by atoms with E-state index in [1.54, 1.807) is 6.20 Å². The van der Waals surface area contributed by atoms with Crippen molar-refractivity contribution in [2.75, 3.05) is 21.2 Å². The van der Waals surface area contributed by atoms with Gasteiger partial charge in [0.25, 0.3) is 0 Å². The van der Waals surface area contributed by atoms with Crippen LogP contribution in [0.1, 0.15) is 16.1 Å². The number of carbonyl (C=O) groups excluding carboxylic acids is 1. The molecule has 0 radical (unpaired) electrons. The van der Waals surface area contributed by atoms with Gasteiger partial charge in [-0.05, 0) is 36.1 Å². The summed E-state index contributed by atoms with van der Waals surface area (Å²) in [6, 6.07) is 1.87. The number of hydrogen-bond donors (Lipinski definition) is 0. The Labute approximate surface area is 97.4 Å². The van der Waals surface area contributed by atoms with Crippen LogP contribution in [0.4, 0.5) is 0 Å². The molecule has 1 aromatic rings. The fourth-order valence-corrected chi connectivity index (χ4v) is 1.60. The molecule has 0 N–H and O–H groups in total. The van der Waals surface area contributed by atoms with Crippen LogP contribution < -0.4 is 0 Å². The zero-order valence-corrected chi connectivity index (χ0v) is 10.5. The first-order chi connectivity index (χ1) is 7.04. The van der Waals surface area contributed by atoms with E-state index in [4.69, 9.17) is 0 Å². The molecule has 0 bridgehead atoms. The van der Waals surface area contributed by atoms with Crippen LogP contribution in [-0.4, -0.2) is 37.1 Å². The molecule has 1 aromatic heterocycles. The summed E-state index contributed by atoms with van der Waals surface area (Å²) in [5, 5.41) is 0. The molecule has 1 rings (SSSR count). The van der Waals surface area contributed by atoms with Crippen LogP contribution in [0.3, 0.4) is 0 Å². The van der Waals surface area contributed by atoms with Crippen LogP contribution in [-0.2, 0) is 11.3 Å². The first kappa shape index (κ1) is 12.1. The van der Waals surface area contributed by atoms with Gasteiger partial charge in [-0.25, -0.2) is 9.78 Å². The van der Waals surface area contributed by atoms with Crippen molar-refractivity contribution >= 4 is 21.9 Å². The van der Waals surface area contributed by atoms with Gasteiger partial charge in [-0.2, -0.15) is 0 Å². The Hall–Kier alpha value is -0.940. The molecule has 0 atom stereocenters. The smallest absolute Gasteiger partial charge is 0.356 e. The SMILES string of the molecule is COC(=O)c1ncc(Br)cc1CN(C)C. The molecule has 0 aliphatic rings. The maximum atomic E-state index is 11.4. The molecule has 0 fully saturated rings. The molecule has 0 spiro atoms. The molecule has 5 heteroatoms. The van der Waals surface area contributed by atoms with E-state index < -0.39 is 5.97 Å². The average Bonchev–Trinajstić information content (AvgIpc) is 2.16. The Balaban J connectivity index is 3.08. The summed E-state index contributed by atoms with van der Waals surface area (Å²) in [7, 11) is 5.22. The number of pyridine rings is 1. The lowest BCUT2D eigenvalue weighted by Crippen LogP contribution is -2.16. The molecule has 1 heterocycles. The molecule has 0 amide bonds. The summed E-state index contributed by atoms with van der Waals surface area (Å²) in [4.78, 5) is 17.4. The van der Waals surface area contributed by atoms with E-state index in [-0.39, 0.29) is 0 Å². The predicted octanol–water partition coefficient (Wildman–Crippen LogP) is 1.69. The Bertz CT molecular complexity index is 366. The third kappa shape index (κ3) is 3.28. The van der Waals surface area contributed by atoms with Crippen molar-refractivity contribution in [3.05, 3.63) is 28.0 Å². The minimum atomic E-state index is -0.403. The number of ether oxygens (including phenoxy) is 1. The first-order valence-electron chi connectivity index (χ1n) is 4.42. The molecule has 0 aromatic carbocycles. The van der Waals surface area contributed by atoms with E-state index in [1.165, 1.54) is 7.11 Å². The summed E-state index contributed by atoms with van der Waals surface area (Å²) in [5.74, 6) is -0.403. The molecule has 15 heavy (non-hydrogen) atoms. The number of methoxy groups -OCH3 is 1. The third-order valence-electron chi connectivity index (χ3n) is 1.80. The monoisotopic (exact) mass is 272 g/mol. The summed E-state index contributed by atoms with van der Waals surface area (Å²) in [6.45, 7) is 0.650. The van der Waals surface area contributed by atoms with Crippen LogP contribution in [0, 0.1) is 0 Å². The summed E-state index contributed by atoms with van der Waals surface area (Å²) < 4.78 is 5.52. The van der Waals surface area contributed by atoms with Crippen molar-refractivity contribution in [1.82, 2.24) is 9.88 Å². The quantitative estimate of drug-likeness (QED) is 0.786. The Kier molecular flexibility index (Phi) is 4.23. The van der Waals surface area contributed by atoms with E-state index in [0.29, 0.717) is 12.2 Å². The van der Waals surface area contributed by atoms with Gasteiger partial charge in [0.1, 0.15) is 0 Å². The minimum Gasteiger partial charge on any atom is -0.464 e. The van der Waals surface area contributed by atoms with Crippen molar-refractivity contribution < 1.29 is 9.53 Å². The Morgan fingerprint density at radius 3 is 2.80 bits per heavy atom. The number of halogens is 1. The fourth-order valence-electron chi connectivity index (χ4n) is 1.22. The predicted molar refractivity (Wildman–Crippen MR) is 60.7 cm³/mol. The van der Waals surface area contributed by atoms with Crippen molar-refractivity contribution in [3.63, 3.8) is 0 Å². The van der Waals surface area contributed by atoms with E-state index in [2.05, 4.69) is 25.7 Å². The molecular formula is C10H13BrN2O2. The van der Waals surface area contributed by atoms with Crippen LogP contribution in [0.25, 0.3) is 0 Å². The van der Waals surface area contributed by atoms with Gasteiger partial charge in [0.05, 0.1) is 7.11 Å². The van der Waals surface area contributed by atoms with Crippen LogP contribution in [0.2, 0.25) is 0 Å². The summed E-state index contributed by atoms with van der Waals surface area (Å²) in [5.41, 5.74) is 1.22. The number of nitrogens with zero attached hydrogens (tertiary/aromatic N) is 2. The van der Waals surface area contributed by atoms with Crippen LogP contribution in [0.15, 0.2) is 16.7 Å². The van der Waals surface area contributed by atoms with Gasteiger partial charge in [-0.1, -0.05) is 0 Å². The van der Waals surface area contributed by atoms with Gasteiger partial charge in [0.15, 0.2) is 5.69 Å². The number of rotatable bonds is 3. The lowest BCUT2D eigenvalue weighted by atomic mass is 10.2. The Morgan fingerprint density at radius 1 is 1.60 bits per heavy atom. The van der Waals surface area contributed by atoms with Crippen molar-refractivity contribution in [2.24, 2.45) is 0 Å². The lowest BCUT2D eigenvalue weighted by Gasteiger charge is -2.12. The number of hydrogen-bond acceptors (Lipinski definition) is 4. The van der Waals surface area contributed by atoms with Crippen molar-refractivity contribution in [2.45, 2.75) is 6.54 Å². The largest absolute Gasteiger partial charge is 0.464 e. The standard InChI is InChI=1S/C10H13BrN2O2/c1-13(2)6-7-4-8(11)5-12-9(7)10(14)15-3/h4-5H,6H2,1-3H3. The topological polar surface area (TPSA) is 42.4 Å². The van der Waals surface area contributed by atoms with Gasteiger partial charge in [0.2, 0.25) is 0 Å². The summed E-state index contributed by atoms with van der Waals surface area (Å²) >= 11 is 3.32. The highest BCUT2D eigenvalue weighted by Crippen LogP contribution is 2.15. The van der Waals surface area contributed by atoms with Gasteiger partial charge in [0, 0.05) is 22.8 Å².